The molecule has 1 rings (SSSR count). The van der Waals surface area contributed by atoms with E-state index in [1.165, 1.54) is 0 Å². The van der Waals surface area contributed by atoms with Crippen LogP contribution in [0.25, 0.3) is 0 Å². The number of carbonyl (C=O) groups is 1. The maximum absolute atomic E-state index is 10.5. The Morgan fingerprint density at radius 1 is 1.38 bits per heavy atom. The van der Waals surface area contributed by atoms with E-state index in [2.05, 4.69) is 4.99 Å². The fourth-order valence-corrected chi connectivity index (χ4v) is 1.06. The minimum atomic E-state index is 0.672. The van der Waals surface area contributed by atoms with Gasteiger partial charge in [-0.2, -0.15) is 0 Å². The second kappa shape index (κ2) is 3.99. The molecule has 0 radical (unpaired) electrons. The van der Waals surface area contributed by atoms with E-state index in [4.69, 9.17) is 0 Å². The van der Waals surface area contributed by atoms with Gasteiger partial charge in [0.15, 0.2) is 0 Å². The SMILES string of the molecule is CC(C)=Nc1cc(C=O)ccc1C. The van der Waals surface area contributed by atoms with E-state index in [0.29, 0.717) is 5.56 Å². The van der Waals surface area contributed by atoms with E-state index in [-0.39, 0.29) is 0 Å². The van der Waals surface area contributed by atoms with Crippen molar-refractivity contribution in [3.05, 3.63) is 29.3 Å². The minimum Gasteiger partial charge on any atom is -0.298 e. The maximum Gasteiger partial charge on any atom is 0.150 e. The average molecular weight is 175 g/mol. The van der Waals surface area contributed by atoms with E-state index < -0.39 is 0 Å². The van der Waals surface area contributed by atoms with Gasteiger partial charge in [0.2, 0.25) is 0 Å². The Hall–Kier alpha value is -1.44. The van der Waals surface area contributed by atoms with Gasteiger partial charge in [-0.25, -0.2) is 0 Å². The molecule has 0 amide bonds. The summed E-state index contributed by atoms with van der Waals surface area (Å²) < 4.78 is 0. The average Bonchev–Trinajstić information content (AvgIpc) is 2.08. The molecule has 0 bridgehead atoms. The van der Waals surface area contributed by atoms with Gasteiger partial charge in [0.05, 0.1) is 5.69 Å². The predicted octanol–water partition coefficient (Wildman–Crippen LogP) is 2.92. The molecule has 0 N–H and O–H groups in total. The Balaban J connectivity index is 3.18. The number of nitrogens with zero attached hydrogens (tertiary/aromatic N) is 1. The number of rotatable bonds is 2. The van der Waals surface area contributed by atoms with Crippen molar-refractivity contribution in [3.63, 3.8) is 0 Å². The van der Waals surface area contributed by atoms with Gasteiger partial charge in [0.25, 0.3) is 0 Å². The van der Waals surface area contributed by atoms with Crippen molar-refractivity contribution in [1.29, 1.82) is 0 Å². The molecule has 2 nitrogen and oxygen atoms in total. The molecule has 0 atom stereocenters. The third-order valence-electron chi connectivity index (χ3n) is 1.71. The van der Waals surface area contributed by atoms with Crippen LogP contribution in [-0.2, 0) is 0 Å². The standard InChI is InChI=1S/C11H13NO/c1-8(2)12-11-6-10(7-13)5-4-9(11)3/h4-7H,1-3H3. The van der Waals surface area contributed by atoms with E-state index in [0.717, 1.165) is 23.2 Å². The van der Waals surface area contributed by atoms with Crippen LogP contribution >= 0.6 is 0 Å². The summed E-state index contributed by atoms with van der Waals surface area (Å²) in [6, 6.07) is 5.51. The van der Waals surface area contributed by atoms with Crippen LogP contribution in [0.3, 0.4) is 0 Å². The molecule has 68 valence electrons. The monoisotopic (exact) mass is 175 g/mol. The number of aldehydes is 1. The van der Waals surface area contributed by atoms with Crippen molar-refractivity contribution >= 4 is 17.7 Å². The first-order valence-electron chi connectivity index (χ1n) is 4.21. The third-order valence-corrected chi connectivity index (χ3v) is 1.71. The molecule has 13 heavy (non-hydrogen) atoms. The molecular formula is C11H13NO. The van der Waals surface area contributed by atoms with Crippen molar-refractivity contribution < 1.29 is 4.79 Å². The first-order valence-corrected chi connectivity index (χ1v) is 4.21. The first kappa shape index (κ1) is 9.65. The van der Waals surface area contributed by atoms with E-state index in [1.807, 2.05) is 26.8 Å². The number of aliphatic imine (C=N–C) groups is 1. The summed E-state index contributed by atoms with van der Waals surface area (Å²) in [5.41, 5.74) is 3.63. The normalized spacial score (nSPS) is 9.46. The van der Waals surface area contributed by atoms with E-state index >= 15 is 0 Å². The molecule has 0 heterocycles. The Morgan fingerprint density at radius 3 is 2.62 bits per heavy atom. The molecule has 0 spiro atoms. The number of carbonyl (C=O) groups excluding carboxylic acids is 1. The van der Waals surface area contributed by atoms with Gasteiger partial charge in [0.1, 0.15) is 6.29 Å². The second-order valence-corrected chi connectivity index (χ2v) is 3.22. The lowest BCUT2D eigenvalue weighted by Crippen LogP contribution is -1.84. The zero-order valence-electron chi connectivity index (χ0n) is 8.16. The molecule has 0 aliphatic rings. The van der Waals surface area contributed by atoms with Crippen molar-refractivity contribution in [1.82, 2.24) is 0 Å². The Bertz CT molecular complexity index is 349. The summed E-state index contributed by atoms with van der Waals surface area (Å²) in [4.78, 5) is 14.8. The van der Waals surface area contributed by atoms with Crippen LogP contribution in [0, 0.1) is 6.92 Å². The van der Waals surface area contributed by atoms with Crippen molar-refractivity contribution in [2.75, 3.05) is 0 Å². The molecule has 0 aliphatic heterocycles. The predicted molar refractivity (Wildman–Crippen MR) is 55.0 cm³/mol. The van der Waals surface area contributed by atoms with E-state index in [1.54, 1.807) is 12.1 Å². The van der Waals surface area contributed by atoms with Gasteiger partial charge in [-0.15, -0.1) is 0 Å². The summed E-state index contributed by atoms with van der Waals surface area (Å²) in [7, 11) is 0. The fourth-order valence-electron chi connectivity index (χ4n) is 1.06. The van der Waals surface area contributed by atoms with Crippen LogP contribution in [0.4, 0.5) is 5.69 Å². The summed E-state index contributed by atoms with van der Waals surface area (Å²) >= 11 is 0. The molecule has 0 fully saturated rings. The number of aryl methyl sites for hydroxylation is 1. The zero-order chi connectivity index (χ0) is 9.84. The fraction of sp³-hybridized carbons (Fsp3) is 0.273. The quantitative estimate of drug-likeness (QED) is 0.502. The number of hydrogen-bond acceptors (Lipinski definition) is 2. The minimum absolute atomic E-state index is 0.672. The van der Waals surface area contributed by atoms with Gasteiger partial charge in [-0.1, -0.05) is 12.1 Å². The highest BCUT2D eigenvalue weighted by Crippen LogP contribution is 2.19. The van der Waals surface area contributed by atoms with Crippen molar-refractivity contribution in [2.24, 2.45) is 4.99 Å². The molecule has 1 aromatic rings. The molecule has 0 aliphatic carbocycles. The van der Waals surface area contributed by atoms with Gasteiger partial charge in [0, 0.05) is 11.3 Å². The van der Waals surface area contributed by atoms with Gasteiger partial charge >= 0.3 is 0 Å². The summed E-state index contributed by atoms with van der Waals surface area (Å²) in [6.07, 6.45) is 0.837. The topological polar surface area (TPSA) is 29.4 Å². The first-order chi connectivity index (χ1) is 6.13. The molecule has 0 unspecified atom stereocenters. The van der Waals surface area contributed by atoms with Gasteiger partial charge in [-0.3, -0.25) is 9.79 Å². The summed E-state index contributed by atoms with van der Waals surface area (Å²) in [5.74, 6) is 0. The van der Waals surface area contributed by atoms with Crippen molar-refractivity contribution in [2.45, 2.75) is 20.8 Å². The van der Waals surface area contributed by atoms with Gasteiger partial charge < -0.3 is 0 Å². The van der Waals surface area contributed by atoms with Crippen LogP contribution in [0.2, 0.25) is 0 Å². The molecule has 1 aromatic carbocycles. The van der Waals surface area contributed by atoms with Crippen LogP contribution in [-0.4, -0.2) is 12.0 Å². The van der Waals surface area contributed by atoms with Crippen LogP contribution in [0.15, 0.2) is 23.2 Å². The molecule has 0 saturated heterocycles. The van der Waals surface area contributed by atoms with Crippen molar-refractivity contribution in [3.8, 4) is 0 Å². The third kappa shape index (κ3) is 2.51. The molecule has 0 saturated carbocycles. The Kier molecular flexibility index (Phi) is 2.96. The smallest absolute Gasteiger partial charge is 0.150 e. The number of hydrogen-bond donors (Lipinski definition) is 0. The zero-order valence-corrected chi connectivity index (χ0v) is 8.16. The highest BCUT2D eigenvalue weighted by molar-refractivity contribution is 5.84. The second-order valence-electron chi connectivity index (χ2n) is 3.22. The Labute approximate surface area is 78.3 Å². The summed E-state index contributed by atoms with van der Waals surface area (Å²) in [6.45, 7) is 5.86. The van der Waals surface area contributed by atoms with Gasteiger partial charge in [-0.05, 0) is 32.4 Å². The summed E-state index contributed by atoms with van der Waals surface area (Å²) in [5, 5.41) is 0. The highest BCUT2D eigenvalue weighted by Gasteiger charge is 1.97. The van der Waals surface area contributed by atoms with Crippen LogP contribution < -0.4 is 0 Å². The molecular weight excluding hydrogens is 162 g/mol. The largest absolute Gasteiger partial charge is 0.298 e. The highest BCUT2D eigenvalue weighted by atomic mass is 16.1. The molecule has 0 aromatic heterocycles. The maximum atomic E-state index is 10.5. The lowest BCUT2D eigenvalue weighted by molar-refractivity contribution is 0.112. The van der Waals surface area contributed by atoms with Crippen LogP contribution in [0.5, 0.6) is 0 Å². The van der Waals surface area contributed by atoms with Crippen LogP contribution in [0.1, 0.15) is 29.8 Å². The number of benzene rings is 1. The lowest BCUT2D eigenvalue weighted by atomic mass is 10.1. The lowest BCUT2D eigenvalue weighted by Gasteiger charge is -2.01. The van der Waals surface area contributed by atoms with E-state index in [9.17, 15) is 4.79 Å². The molecule has 2 heteroatoms. The Morgan fingerprint density at radius 2 is 2.08 bits per heavy atom.